The molecule has 0 radical (unpaired) electrons. The maximum atomic E-state index is 10.8. The molecule has 0 spiro atoms. The maximum Gasteiger partial charge on any atom is 0.150 e. The lowest BCUT2D eigenvalue weighted by Crippen LogP contribution is -2.35. The predicted octanol–water partition coefficient (Wildman–Crippen LogP) is 1.64. The zero-order valence-corrected chi connectivity index (χ0v) is 9.61. The fourth-order valence-electron chi connectivity index (χ4n) is 2.00. The van der Waals surface area contributed by atoms with Crippen LogP contribution in [0.5, 0.6) is 0 Å². The van der Waals surface area contributed by atoms with E-state index < -0.39 is 0 Å². The summed E-state index contributed by atoms with van der Waals surface area (Å²) in [4.78, 5) is 13.2. The van der Waals surface area contributed by atoms with Crippen LogP contribution in [0.1, 0.15) is 21.5 Å². The summed E-state index contributed by atoms with van der Waals surface area (Å²) in [5.41, 5.74) is 3.14. The van der Waals surface area contributed by atoms with Gasteiger partial charge in [0.05, 0.1) is 13.2 Å². The zero-order chi connectivity index (χ0) is 11.4. The summed E-state index contributed by atoms with van der Waals surface area (Å²) in [6.07, 6.45) is 0.929. The van der Waals surface area contributed by atoms with E-state index in [1.807, 2.05) is 19.1 Å². The number of benzene rings is 1. The van der Waals surface area contributed by atoms with Crippen molar-refractivity contribution in [3.8, 4) is 0 Å². The quantitative estimate of drug-likeness (QED) is 0.724. The fraction of sp³-hybridized carbons (Fsp3) is 0.462. The molecule has 0 aliphatic carbocycles. The minimum Gasteiger partial charge on any atom is -0.379 e. The van der Waals surface area contributed by atoms with Gasteiger partial charge in [0, 0.05) is 25.2 Å². The van der Waals surface area contributed by atoms with Gasteiger partial charge in [0.1, 0.15) is 6.29 Å². The molecular weight excluding hydrogens is 202 g/mol. The van der Waals surface area contributed by atoms with Gasteiger partial charge in [-0.1, -0.05) is 18.2 Å². The largest absolute Gasteiger partial charge is 0.379 e. The second-order valence-electron chi connectivity index (χ2n) is 4.14. The molecule has 0 atom stereocenters. The van der Waals surface area contributed by atoms with Gasteiger partial charge in [0.15, 0.2) is 0 Å². The Balaban J connectivity index is 2.11. The SMILES string of the molecule is Cc1c(C=O)cccc1CN1CCOCC1. The molecule has 1 saturated heterocycles. The summed E-state index contributed by atoms with van der Waals surface area (Å²) in [6, 6.07) is 5.91. The summed E-state index contributed by atoms with van der Waals surface area (Å²) in [5.74, 6) is 0. The number of carbonyl (C=O) groups is 1. The van der Waals surface area contributed by atoms with E-state index in [2.05, 4.69) is 11.0 Å². The summed E-state index contributed by atoms with van der Waals surface area (Å²) in [7, 11) is 0. The van der Waals surface area contributed by atoms with Crippen molar-refractivity contribution in [3.05, 3.63) is 34.9 Å². The van der Waals surface area contributed by atoms with Crippen molar-refractivity contribution in [3.63, 3.8) is 0 Å². The Hall–Kier alpha value is -1.19. The van der Waals surface area contributed by atoms with E-state index in [1.165, 1.54) is 5.56 Å². The standard InChI is InChI=1S/C13H17NO2/c1-11-12(3-2-4-13(11)10-15)9-14-5-7-16-8-6-14/h2-4,10H,5-9H2,1H3. The van der Waals surface area contributed by atoms with Gasteiger partial charge in [0.2, 0.25) is 0 Å². The predicted molar refractivity (Wildman–Crippen MR) is 62.7 cm³/mol. The second kappa shape index (κ2) is 5.23. The number of hydrogen-bond acceptors (Lipinski definition) is 3. The lowest BCUT2D eigenvalue weighted by molar-refractivity contribution is 0.0341. The van der Waals surface area contributed by atoms with Gasteiger partial charge >= 0.3 is 0 Å². The van der Waals surface area contributed by atoms with Crippen LogP contribution < -0.4 is 0 Å². The molecule has 86 valence electrons. The van der Waals surface area contributed by atoms with Crippen molar-refractivity contribution >= 4 is 6.29 Å². The Bertz CT molecular complexity index is 370. The van der Waals surface area contributed by atoms with E-state index in [4.69, 9.17) is 4.74 Å². The third-order valence-electron chi connectivity index (χ3n) is 3.11. The normalized spacial score (nSPS) is 17.3. The van der Waals surface area contributed by atoms with Crippen LogP contribution in [0.15, 0.2) is 18.2 Å². The van der Waals surface area contributed by atoms with Crippen LogP contribution in [-0.2, 0) is 11.3 Å². The van der Waals surface area contributed by atoms with E-state index in [-0.39, 0.29) is 0 Å². The number of rotatable bonds is 3. The Morgan fingerprint density at radius 1 is 1.38 bits per heavy atom. The van der Waals surface area contributed by atoms with Crippen LogP contribution >= 0.6 is 0 Å². The minimum absolute atomic E-state index is 0.797. The number of ether oxygens (including phenoxy) is 1. The highest BCUT2D eigenvalue weighted by Crippen LogP contribution is 2.15. The Morgan fingerprint density at radius 3 is 2.81 bits per heavy atom. The van der Waals surface area contributed by atoms with Crippen LogP contribution in [0.25, 0.3) is 0 Å². The summed E-state index contributed by atoms with van der Waals surface area (Å²) in [6.45, 7) is 6.50. The molecule has 3 nitrogen and oxygen atoms in total. The first-order valence-corrected chi connectivity index (χ1v) is 5.65. The highest BCUT2D eigenvalue weighted by molar-refractivity contribution is 5.77. The first kappa shape index (κ1) is 11.3. The van der Waals surface area contributed by atoms with Crippen LogP contribution in [0.4, 0.5) is 0 Å². The molecule has 0 aromatic heterocycles. The number of morpholine rings is 1. The van der Waals surface area contributed by atoms with E-state index >= 15 is 0 Å². The topological polar surface area (TPSA) is 29.5 Å². The van der Waals surface area contributed by atoms with E-state index in [0.717, 1.165) is 50.3 Å². The molecule has 0 unspecified atom stereocenters. The minimum atomic E-state index is 0.797. The number of hydrogen-bond donors (Lipinski definition) is 0. The van der Waals surface area contributed by atoms with E-state index in [9.17, 15) is 4.79 Å². The van der Waals surface area contributed by atoms with Gasteiger partial charge in [0.25, 0.3) is 0 Å². The smallest absolute Gasteiger partial charge is 0.150 e. The molecule has 2 rings (SSSR count). The van der Waals surface area contributed by atoms with Crippen LogP contribution in [0, 0.1) is 6.92 Å². The van der Waals surface area contributed by atoms with Crippen molar-refractivity contribution in [1.29, 1.82) is 0 Å². The first-order chi connectivity index (χ1) is 7.81. The molecule has 1 aromatic carbocycles. The summed E-state index contributed by atoms with van der Waals surface area (Å²) < 4.78 is 5.31. The molecule has 3 heteroatoms. The highest BCUT2D eigenvalue weighted by Gasteiger charge is 2.12. The zero-order valence-electron chi connectivity index (χ0n) is 9.61. The average molecular weight is 219 g/mol. The lowest BCUT2D eigenvalue weighted by atomic mass is 10.0. The third kappa shape index (κ3) is 2.49. The number of nitrogens with zero attached hydrogens (tertiary/aromatic N) is 1. The van der Waals surface area contributed by atoms with Gasteiger partial charge < -0.3 is 4.74 Å². The van der Waals surface area contributed by atoms with Crippen molar-refractivity contribution in [2.24, 2.45) is 0 Å². The van der Waals surface area contributed by atoms with Crippen LogP contribution in [0.3, 0.4) is 0 Å². The molecule has 1 aliphatic rings. The Kier molecular flexibility index (Phi) is 3.70. The third-order valence-corrected chi connectivity index (χ3v) is 3.11. The van der Waals surface area contributed by atoms with E-state index in [1.54, 1.807) is 0 Å². The van der Waals surface area contributed by atoms with Gasteiger partial charge in [-0.2, -0.15) is 0 Å². The van der Waals surface area contributed by atoms with Crippen molar-refractivity contribution in [2.45, 2.75) is 13.5 Å². The molecule has 0 saturated carbocycles. The second-order valence-corrected chi connectivity index (χ2v) is 4.14. The summed E-state index contributed by atoms with van der Waals surface area (Å²) >= 11 is 0. The first-order valence-electron chi connectivity index (χ1n) is 5.65. The Morgan fingerprint density at radius 2 is 2.12 bits per heavy atom. The molecule has 1 aliphatic heterocycles. The highest BCUT2D eigenvalue weighted by atomic mass is 16.5. The molecular formula is C13H17NO2. The van der Waals surface area contributed by atoms with Crippen molar-refractivity contribution < 1.29 is 9.53 Å². The molecule has 1 heterocycles. The monoisotopic (exact) mass is 219 g/mol. The average Bonchev–Trinajstić information content (AvgIpc) is 2.33. The van der Waals surface area contributed by atoms with Crippen molar-refractivity contribution in [2.75, 3.05) is 26.3 Å². The van der Waals surface area contributed by atoms with Crippen LogP contribution in [-0.4, -0.2) is 37.5 Å². The molecule has 1 aromatic rings. The lowest BCUT2D eigenvalue weighted by Gasteiger charge is -2.27. The molecule has 0 bridgehead atoms. The van der Waals surface area contributed by atoms with Gasteiger partial charge in [-0.3, -0.25) is 9.69 Å². The Labute approximate surface area is 96.0 Å². The van der Waals surface area contributed by atoms with E-state index in [0.29, 0.717) is 0 Å². The number of carbonyl (C=O) groups excluding carboxylic acids is 1. The molecule has 0 N–H and O–H groups in total. The van der Waals surface area contributed by atoms with Gasteiger partial charge in [-0.05, 0) is 18.1 Å². The summed E-state index contributed by atoms with van der Waals surface area (Å²) in [5, 5.41) is 0. The molecule has 1 fully saturated rings. The molecule has 16 heavy (non-hydrogen) atoms. The maximum absolute atomic E-state index is 10.8. The van der Waals surface area contributed by atoms with Crippen LogP contribution in [0.2, 0.25) is 0 Å². The number of aldehydes is 1. The molecule has 0 amide bonds. The fourth-order valence-corrected chi connectivity index (χ4v) is 2.00. The van der Waals surface area contributed by atoms with Crippen molar-refractivity contribution in [1.82, 2.24) is 4.90 Å². The van der Waals surface area contributed by atoms with Gasteiger partial charge in [-0.15, -0.1) is 0 Å². The van der Waals surface area contributed by atoms with Gasteiger partial charge in [-0.25, -0.2) is 0 Å².